The highest BCUT2D eigenvalue weighted by atomic mass is 16.4. The van der Waals surface area contributed by atoms with Gasteiger partial charge < -0.3 is 36.6 Å². The van der Waals surface area contributed by atoms with E-state index in [0.717, 1.165) is 0 Å². The van der Waals surface area contributed by atoms with E-state index in [-0.39, 0.29) is 12.2 Å². The number of nitrogens with one attached hydrogen (secondary N) is 2. The van der Waals surface area contributed by atoms with Crippen molar-refractivity contribution in [1.82, 2.24) is 15.5 Å². The Bertz CT molecular complexity index is 814. The van der Waals surface area contributed by atoms with E-state index in [0.29, 0.717) is 24.9 Å². The first-order valence-electron chi connectivity index (χ1n) is 9.92. The van der Waals surface area contributed by atoms with Gasteiger partial charge in [-0.05, 0) is 37.5 Å². The van der Waals surface area contributed by atoms with Crippen LogP contribution >= 0.6 is 0 Å². The van der Waals surface area contributed by atoms with E-state index in [4.69, 9.17) is 10.8 Å². The molecular formula is C20H28N4O7. The number of hydrogen-bond acceptors (Lipinski definition) is 7. The van der Waals surface area contributed by atoms with Crippen LogP contribution in [0.1, 0.15) is 25.3 Å². The number of aliphatic carboxylic acids is 1. The predicted molar refractivity (Wildman–Crippen MR) is 109 cm³/mol. The Hall–Kier alpha value is -3.18. The number of aromatic hydroxyl groups is 1. The van der Waals surface area contributed by atoms with Crippen LogP contribution < -0.4 is 16.4 Å². The largest absolute Gasteiger partial charge is 0.508 e. The van der Waals surface area contributed by atoms with E-state index in [1.165, 1.54) is 24.0 Å². The van der Waals surface area contributed by atoms with Gasteiger partial charge >= 0.3 is 5.97 Å². The molecule has 1 saturated heterocycles. The summed E-state index contributed by atoms with van der Waals surface area (Å²) in [5.74, 6) is -3.00. The topological polar surface area (TPSA) is 182 Å². The predicted octanol–water partition coefficient (Wildman–Crippen LogP) is -1.68. The van der Waals surface area contributed by atoms with Gasteiger partial charge in [-0.1, -0.05) is 12.1 Å². The van der Waals surface area contributed by atoms with Crippen LogP contribution in [-0.4, -0.2) is 81.2 Å². The summed E-state index contributed by atoms with van der Waals surface area (Å²) in [6.45, 7) is 1.19. The third-order valence-corrected chi connectivity index (χ3v) is 5.10. The van der Waals surface area contributed by atoms with Gasteiger partial charge in [0.05, 0.1) is 6.61 Å². The van der Waals surface area contributed by atoms with Crippen LogP contribution in [0.4, 0.5) is 0 Å². The van der Waals surface area contributed by atoms with Crippen LogP contribution in [-0.2, 0) is 25.6 Å². The Morgan fingerprint density at radius 1 is 1.19 bits per heavy atom. The molecule has 0 spiro atoms. The molecule has 7 N–H and O–H groups in total. The molecule has 2 rings (SSSR count). The van der Waals surface area contributed by atoms with Crippen molar-refractivity contribution in [2.75, 3.05) is 13.2 Å². The molecule has 0 unspecified atom stereocenters. The maximum atomic E-state index is 12.6. The molecule has 0 saturated carbocycles. The number of hydrogen-bond donors (Lipinski definition) is 6. The average molecular weight is 436 g/mol. The van der Waals surface area contributed by atoms with Crippen molar-refractivity contribution in [1.29, 1.82) is 0 Å². The molecule has 1 heterocycles. The molecule has 170 valence electrons. The van der Waals surface area contributed by atoms with E-state index in [1.807, 2.05) is 0 Å². The maximum Gasteiger partial charge on any atom is 0.326 e. The van der Waals surface area contributed by atoms with Crippen LogP contribution in [0, 0.1) is 0 Å². The molecule has 1 aromatic carbocycles. The lowest BCUT2D eigenvalue weighted by Gasteiger charge is -2.27. The number of phenols is 1. The first-order valence-corrected chi connectivity index (χ1v) is 9.92. The molecule has 4 atom stereocenters. The molecule has 1 aliphatic rings. The quantitative estimate of drug-likeness (QED) is 0.265. The third kappa shape index (κ3) is 6.40. The Morgan fingerprint density at radius 3 is 2.42 bits per heavy atom. The van der Waals surface area contributed by atoms with Gasteiger partial charge in [0.25, 0.3) is 0 Å². The van der Waals surface area contributed by atoms with E-state index in [2.05, 4.69) is 10.6 Å². The Kier molecular flexibility index (Phi) is 8.34. The first-order chi connectivity index (χ1) is 14.6. The number of likely N-dealkylation sites (tertiary alicyclic amines) is 1. The number of amides is 3. The first kappa shape index (κ1) is 24.1. The highest BCUT2D eigenvalue weighted by Crippen LogP contribution is 2.18. The Morgan fingerprint density at radius 2 is 1.84 bits per heavy atom. The normalized spacial score (nSPS) is 18.7. The zero-order valence-electron chi connectivity index (χ0n) is 17.2. The summed E-state index contributed by atoms with van der Waals surface area (Å²) in [5, 5.41) is 32.7. The molecule has 1 aromatic rings. The minimum atomic E-state index is -1.24. The fourth-order valence-corrected chi connectivity index (χ4v) is 3.33. The van der Waals surface area contributed by atoms with Gasteiger partial charge in [0.15, 0.2) is 0 Å². The van der Waals surface area contributed by atoms with Gasteiger partial charge in [0.2, 0.25) is 17.7 Å². The van der Waals surface area contributed by atoms with Gasteiger partial charge in [0.1, 0.15) is 29.9 Å². The molecule has 1 fully saturated rings. The number of phenolic OH excluding ortho intramolecular Hbond substituents is 1. The number of carboxylic acid groups (broad SMARTS) is 1. The molecular weight excluding hydrogens is 408 g/mol. The molecule has 11 nitrogen and oxygen atoms in total. The minimum absolute atomic E-state index is 0.00796. The van der Waals surface area contributed by atoms with Gasteiger partial charge in [-0.15, -0.1) is 0 Å². The van der Waals surface area contributed by atoms with Gasteiger partial charge in [-0.3, -0.25) is 14.4 Å². The lowest BCUT2D eigenvalue weighted by atomic mass is 10.1. The monoisotopic (exact) mass is 436 g/mol. The number of nitrogens with two attached hydrogens (primary N) is 1. The number of carbonyl (C=O) groups is 4. The van der Waals surface area contributed by atoms with Crippen LogP contribution in [0.2, 0.25) is 0 Å². The molecule has 3 amide bonds. The van der Waals surface area contributed by atoms with Crippen LogP contribution in [0.25, 0.3) is 0 Å². The van der Waals surface area contributed by atoms with Crippen molar-refractivity contribution in [2.24, 2.45) is 5.73 Å². The molecule has 0 radical (unpaired) electrons. The molecule has 11 heteroatoms. The molecule has 1 aliphatic heterocycles. The minimum Gasteiger partial charge on any atom is -0.508 e. The van der Waals surface area contributed by atoms with Gasteiger partial charge in [-0.25, -0.2) is 4.79 Å². The summed E-state index contributed by atoms with van der Waals surface area (Å²) >= 11 is 0. The van der Waals surface area contributed by atoms with Crippen molar-refractivity contribution in [3.05, 3.63) is 29.8 Å². The molecule has 0 aliphatic carbocycles. The summed E-state index contributed by atoms with van der Waals surface area (Å²) in [4.78, 5) is 50.1. The van der Waals surface area contributed by atoms with Gasteiger partial charge in [0, 0.05) is 13.0 Å². The van der Waals surface area contributed by atoms with Crippen molar-refractivity contribution in [3.8, 4) is 5.75 Å². The number of nitrogens with zero attached hydrogens (tertiary/aromatic N) is 1. The summed E-state index contributed by atoms with van der Waals surface area (Å²) in [6, 6.07) is 1.71. The fourth-order valence-electron chi connectivity index (χ4n) is 3.33. The number of aliphatic hydroxyl groups is 1. The number of aliphatic hydroxyl groups excluding tert-OH is 1. The molecule has 0 aromatic heterocycles. The van der Waals surface area contributed by atoms with Crippen LogP contribution in [0.5, 0.6) is 5.75 Å². The summed E-state index contributed by atoms with van der Waals surface area (Å²) in [7, 11) is 0. The molecule has 0 bridgehead atoms. The highest BCUT2D eigenvalue weighted by Gasteiger charge is 2.37. The summed E-state index contributed by atoms with van der Waals surface area (Å²) < 4.78 is 0. The second-order valence-electron chi connectivity index (χ2n) is 7.48. The van der Waals surface area contributed by atoms with E-state index in [9.17, 15) is 29.4 Å². The highest BCUT2D eigenvalue weighted by molar-refractivity contribution is 5.94. The number of carbonyl (C=O) groups excluding carboxylic acids is 3. The van der Waals surface area contributed by atoms with E-state index >= 15 is 0 Å². The lowest BCUT2D eigenvalue weighted by Crippen LogP contribution is -2.56. The number of carboxylic acids is 1. The van der Waals surface area contributed by atoms with Crippen molar-refractivity contribution in [2.45, 2.75) is 50.4 Å². The second kappa shape index (κ2) is 10.7. The zero-order chi connectivity index (χ0) is 23.1. The maximum absolute atomic E-state index is 12.6. The van der Waals surface area contributed by atoms with Gasteiger partial charge in [-0.2, -0.15) is 0 Å². The van der Waals surface area contributed by atoms with Crippen LogP contribution in [0.15, 0.2) is 24.3 Å². The SMILES string of the molecule is C[C@H](NC(=O)[C@@H]1CCCN1C(=O)[C@@H](N)CO)C(=O)N[C@@H](Cc1ccc(O)cc1)C(=O)O. The smallest absolute Gasteiger partial charge is 0.326 e. The Balaban J connectivity index is 1.96. The molecule has 31 heavy (non-hydrogen) atoms. The van der Waals surface area contributed by atoms with E-state index in [1.54, 1.807) is 12.1 Å². The summed E-state index contributed by atoms with van der Waals surface area (Å²) in [5.41, 5.74) is 6.16. The zero-order valence-corrected chi connectivity index (χ0v) is 17.2. The summed E-state index contributed by atoms with van der Waals surface area (Å²) in [6.07, 6.45) is 0.963. The fraction of sp³-hybridized carbons (Fsp3) is 0.500. The Labute approximate surface area is 179 Å². The van der Waals surface area contributed by atoms with Crippen molar-refractivity contribution in [3.63, 3.8) is 0 Å². The second-order valence-corrected chi connectivity index (χ2v) is 7.48. The van der Waals surface area contributed by atoms with Crippen molar-refractivity contribution >= 4 is 23.7 Å². The van der Waals surface area contributed by atoms with Crippen molar-refractivity contribution < 1.29 is 34.5 Å². The number of rotatable bonds is 9. The number of benzene rings is 1. The standard InChI is InChI=1S/C20H28N4O7/c1-11(22-18(28)16-3-2-8-24(16)19(29)14(21)10-25)17(27)23-15(20(30)31)9-12-4-6-13(26)7-5-12/h4-7,11,14-16,25-26H,2-3,8-10,21H2,1H3,(H,22,28)(H,23,27)(H,30,31)/t11-,14-,15-,16-/m0/s1. The van der Waals surface area contributed by atoms with Crippen LogP contribution in [0.3, 0.4) is 0 Å². The average Bonchev–Trinajstić information content (AvgIpc) is 3.23. The van der Waals surface area contributed by atoms with E-state index < -0.39 is 54.5 Å². The lowest BCUT2D eigenvalue weighted by molar-refractivity contribution is -0.143. The third-order valence-electron chi connectivity index (χ3n) is 5.10.